The molecule has 0 amide bonds. The fraction of sp³-hybridized carbons (Fsp3) is 0.467. The summed E-state index contributed by atoms with van der Waals surface area (Å²) in [6.07, 6.45) is 4.91. The van der Waals surface area contributed by atoms with E-state index in [0.29, 0.717) is 6.42 Å². The van der Waals surface area contributed by atoms with Gasteiger partial charge in [-0.3, -0.25) is 0 Å². The van der Waals surface area contributed by atoms with Crippen molar-refractivity contribution >= 4 is 0 Å². The molecule has 0 spiro atoms. The molecule has 0 unspecified atom stereocenters. The Labute approximate surface area is 108 Å². The van der Waals surface area contributed by atoms with Crippen LogP contribution in [0.3, 0.4) is 0 Å². The zero-order chi connectivity index (χ0) is 13.6. The van der Waals surface area contributed by atoms with Gasteiger partial charge in [-0.05, 0) is 52.3 Å². The highest BCUT2D eigenvalue weighted by Gasteiger charge is 2.07. The Morgan fingerprint density at radius 3 is 2.28 bits per heavy atom. The molecule has 0 radical (unpaired) electrons. The molecular weight excluding hydrogens is 232 g/mol. The second-order valence-electron chi connectivity index (χ2n) is 5.34. The summed E-state index contributed by atoms with van der Waals surface area (Å²) < 4.78 is 26.6. The van der Waals surface area contributed by atoms with E-state index < -0.39 is 11.6 Å². The summed E-state index contributed by atoms with van der Waals surface area (Å²) >= 11 is 0. The zero-order valence-electron chi connectivity index (χ0n) is 11.3. The van der Waals surface area contributed by atoms with Crippen molar-refractivity contribution in [2.24, 2.45) is 0 Å². The van der Waals surface area contributed by atoms with Crippen LogP contribution in [0.4, 0.5) is 8.78 Å². The number of hydrogen-bond acceptors (Lipinski definition) is 1. The van der Waals surface area contributed by atoms with Crippen LogP contribution in [0.5, 0.6) is 0 Å². The molecule has 0 aromatic heterocycles. The van der Waals surface area contributed by atoms with Crippen LogP contribution < -0.4 is 5.32 Å². The molecular formula is C15H21F2N. The van der Waals surface area contributed by atoms with E-state index in [-0.39, 0.29) is 11.1 Å². The molecule has 0 saturated carbocycles. The lowest BCUT2D eigenvalue weighted by molar-refractivity contribution is 0.431. The SMILES string of the molecule is CC(C)(C)NCC/C=C/Cc1c(F)cccc1F. The van der Waals surface area contributed by atoms with Gasteiger partial charge in [0.15, 0.2) is 0 Å². The van der Waals surface area contributed by atoms with Gasteiger partial charge >= 0.3 is 0 Å². The maximum Gasteiger partial charge on any atom is 0.129 e. The minimum atomic E-state index is -0.479. The molecule has 1 nitrogen and oxygen atoms in total. The number of halogens is 2. The molecule has 0 aliphatic heterocycles. The van der Waals surface area contributed by atoms with E-state index in [2.05, 4.69) is 26.1 Å². The molecule has 0 heterocycles. The Morgan fingerprint density at radius 1 is 1.11 bits per heavy atom. The molecule has 1 rings (SSSR count). The first-order valence-corrected chi connectivity index (χ1v) is 6.23. The number of rotatable bonds is 5. The van der Waals surface area contributed by atoms with Gasteiger partial charge in [-0.2, -0.15) is 0 Å². The lowest BCUT2D eigenvalue weighted by atomic mass is 10.1. The van der Waals surface area contributed by atoms with E-state index >= 15 is 0 Å². The quantitative estimate of drug-likeness (QED) is 0.621. The molecule has 1 aromatic carbocycles. The van der Waals surface area contributed by atoms with Gasteiger partial charge in [0, 0.05) is 11.1 Å². The Kier molecular flexibility index (Phi) is 5.48. The summed E-state index contributed by atoms with van der Waals surface area (Å²) in [5.74, 6) is -0.958. The lowest BCUT2D eigenvalue weighted by Crippen LogP contribution is -2.36. The van der Waals surface area contributed by atoms with Gasteiger partial charge in [0.25, 0.3) is 0 Å². The Balaban J connectivity index is 2.37. The van der Waals surface area contributed by atoms with E-state index in [0.717, 1.165) is 13.0 Å². The normalized spacial score (nSPS) is 12.3. The third-order valence-corrected chi connectivity index (χ3v) is 2.52. The van der Waals surface area contributed by atoms with Crippen molar-refractivity contribution in [1.29, 1.82) is 0 Å². The highest BCUT2D eigenvalue weighted by molar-refractivity contribution is 5.22. The van der Waals surface area contributed by atoms with Crippen molar-refractivity contribution in [1.82, 2.24) is 5.32 Å². The van der Waals surface area contributed by atoms with E-state index in [1.165, 1.54) is 18.2 Å². The van der Waals surface area contributed by atoms with E-state index in [4.69, 9.17) is 0 Å². The van der Waals surface area contributed by atoms with Crippen LogP contribution in [-0.4, -0.2) is 12.1 Å². The molecule has 0 atom stereocenters. The fourth-order valence-electron chi connectivity index (χ4n) is 1.58. The van der Waals surface area contributed by atoms with Gasteiger partial charge in [0.1, 0.15) is 11.6 Å². The second kappa shape index (κ2) is 6.64. The van der Waals surface area contributed by atoms with Crippen molar-refractivity contribution in [2.45, 2.75) is 39.2 Å². The zero-order valence-corrected chi connectivity index (χ0v) is 11.3. The monoisotopic (exact) mass is 253 g/mol. The fourth-order valence-corrected chi connectivity index (χ4v) is 1.58. The molecule has 3 heteroatoms. The summed E-state index contributed by atoms with van der Waals surface area (Å²) in [4.78, 5) is 0. The Morgan fingerprint density at radius 2 is 1.72 bits per heavy atom. The number of nitrogens with one attached hydrogen (secondary N) is 1. The third kappa shape index (κ3) is 5.41. The minimum absolute atomic E-state index is 0.103. The summed E-state index contributed by atoms with van der Waals surface area (Å²) in [7, 11) is 0. The van der Waals surface area contributed by atoms with Gasteiger partial charge in [-0.15, -0.1) is 0 Å². The highest BCUT2D eigenvalue weighted by Crippen LogP contribution is 2.13. The molecule has 100 valence electrons. The average molecular weight is 253 g/mol. The molecule has 1 N–H and O–H groups in total. The highest BCUT2D eigenvalue weighted by atomic mass is 19.1. The smallest absolute Gasteiger partial charge is 0.129 e. The molecule has 0 aliphatic rings. The van der Waals surface area contributed by atoms with Gasteiger partial charge in [-0.25, -0.2) is 8.78 Å². The Hall–Kier alpha value is -1.22. The van der Waals surface area contributed by atoms with Crippen LogP contribution >= 0.6 is 0 Å². The van der Waals surface area contributed by atoms with Crippen LogP contribution in [-0.2, 0) is 6.42 Å². The van der Waals surface area contributed by atoms with Crippen LogP contribution in [0.2, 0.25) is 0 Å². The van der Waals surface area contributed by atoms with Crippen molar-refractivity contribution in [3.05, 3.63) is 47.5 Å². The van der Waals surface area contributed by atoms with E-state index in [1.807, 2.05) is 12.2 Å². The Bertz CT molecular complexity index is 385. The van der Waals surface area contributed by atoms with Crippen LogP contribution in [0, 0.1) is 11.6 Å². The average Bonchev–Trinajstić information content (AvgIpc) is 2.25. The maximum absolute atomic E-state index is 13.3. The number of allylic oxidation sites excluding steroid dienone is 1. The van der Waals surface area contributed by atoms with Crippen molar-refractivity contribution in [3.63, 3.8) is 0 Å². The molecule has 18 heavy (non-hydrogen) atoms. The van der Waals surface area contributed by atoms with Crippen LogP contribution in [0.1, 0.15) is 32.8 Å². The van der Waals surface area contributed by atoms with E-state index in [1.54, 1.807) is 0 Å². The largest absolute Gasteiger partial charge is 0.312 e. The predicted molar refractivity (Wildman–Crippen MR) is 71.6 cm³/mol. The predicted octanol–water partition coefficient (Wildman–Crippen LogP) is 3.84. The van der Waals surface area contributed by atoms with Gasteiger partial charge in [-0.1, -0.05) is 18.2 Å². The van der Waals surface area contributed by atoms with Crippen LogP contribution in [0.25, 0.3) is 0 Å². The van der Waals surface area contributed by atoms with Gasteiger partial charge < -0.3 is 5.32 Å². The summed E-state index contributed by atoms with van der Waals surface area (Å²) in [6.45, 7) is 7.17. The number of benzene rings is 1. The first kappa shape index (κ1) is 14.8. The van der Waals surface area contributed by atoms with Crippen molar-refractivity contribution < 1.29 is 8.78 Å². The maximum atomic E-state index is 13.3. The lowest BCUT2D eigenvalue weighted by Gasteiger charge is -2.19. The second-order valence-corrected chi connectivity index (χ2v) is 5.34. The summed E-state index contributed by atoms with van der Waals surface area (Å²) in [6, 6.07) is 3.95. The number of hydrogen-bond donors (Lipinski definition) is 1. The van der Waals surface area contributed by atoms with Gasteiger partial charge in [0.05, 0.1) is 0 Å². The molecule has 1 aromatic rings. The van der Waals surface area contributed by atoms with Crippen molar-refractivity contribution in [2.75, 3.05) is 6.54 Å². The molecule has 0 bridgehead atoms. The summed E-state index contributed by atoms with van der Waals surface area (Å²) in [5.41, 5.74) is 0.239. The molecule has 0 saturated heterocycles. The summed E-state index contributed by atoms with van der Waals surface area (Å²) in [5, 5.41) is 3.34. The standard InChI is InChI=1S/C15H21F2N/c1-15(2,3)18-11-6-4-5-8-12-13(16)9-7-10-14(12)17/h4-5,7,9-10,18H,6,8,11H2,1-3H3/b5-4+. The third-order valence-electron chi connectivity index (χ3n) is 2.52. The first-order chi connectivity index (χ1) is 8.40. The van der Waals surface area contributed by atoms with Crippen LogP contribution in [0.15, 0.2) is 30.4 Å². The molecule has 0 fully saturated rings. The van der Waals surface area contributed by atoms with E-state index in [9.17, 15) is 8.78 Å². The topological polar surface area (TPSA) is 12.0 Å². The first-order valence-electron chi connectivity index (χ1n) is 6.23. The minimum Gasteiger partial charge on any atom is -0.312 e. The molecule has 0 aliphatic carbocycles. The van der Waals surface area contributed by atoms with Gasteiger partial charge in [0.2, 0.25) is 0 Å². The van der Waals surface area contributed by atoms with Crippen molar-refractivity contribution in [3.8, 4) is 0 Å².